The van der Waals surface area contributed by atoms with Gasteiger partial charge in [-0.25, -0.2) is 0 Å². The average molecular weight is 234 g/mol. The zero-order valence-corrected chi connectivity index (χ0v) is 10.8. The monoisotopic (exact) mass is 234 g/mol. The van der Waals surface area contributed by atoms with E-state index in [0.29, 0.717) is 5.92 Å². The van der Waals surface area contributed by atoms with E-state index >= 15 is 0 Å². The van der Waals surface area contributed by atoms with Crippen molar-refractivity contribution in [1.82, 2.24) is 0 Å². The Balaban J connectivity index is 2.13. The van der Waals surface area contributed by atoms with Crippen molar-refractivity contribution < 1.29 is 9.84 Å². The van der Waals surface area contributed by atoms with Crippen LogP contribution in [0.5, 0.6) is 5.75 Å². The molecule has 0 saturated heterocycles. The number of hydrogen-bond donors (Lipinski definition) is 1. The van der Waals surface area contributed by atoms with Crippen molar-refractivity contribution in [3.8, 4) is 5.75 Å². The Labute approximate surface area is 104 Å². The topological polar surface area (TPSA) is 29.5 Å². The molecule has 2 unspecified atom stereocenters. The van der Waals surface area contributed by atoms with Crippen LogP contribution in [0.4, 0.5) is 0 Å². The van der Waals surface area contributed by atoms with E-state index in [9.17, 15) is 5.11 Å². The predicted octanol–water partition coefficient (Wildman–Crippen LogP) is 3.18. The SMILES string of the molecule is COc1cccc(CC2(O)CCCCC2C)c1. The number of ether oxygens (including phenoxy) is 1. The van der Waals surface area contributed by atoms with Crippen molar-refractivity contribution >= 4 is 0 Å². The molecule has 0 radical (unpaired) electrons. The second-order valence-corrected chi connectivity index (χ2v) is 5.28. The van der Waals surface area contributed by atoms with Gasteiger partial charge >= 0.3 is 0 Å². The second kappa shape index (κ2) is 5.09. The summed E-state index contributed by atoms with van der Waals surface area (Å²) < 4.78 is 5.22. The maximum absolute atomic E-state index is 10.7. The molecule has 2 nitrogen and oxygen atoms in total. The molecule has 94 valence electrons. The lowest BCUT2D eigenvalue weighted by atomic mass is 9.73. The molecule has 1 aliphatic carbocycles. The molecule has 2 atom stereocenters. The van der Waals surface area contributed by atoms with Gasteiger partial charge in [-0.3, -0.25) is 0 Å². The van der Waals surface area contributed by atoms with Gasteiger partial charge in [-0.15, -0.1) is 0 Å². The first-order valence-corrected chi connectivity index (χ1v) is 6.49. The van der Waals surface area contributed by atoms with Gasteiger partial charge in [0.15, 0.2) is 0 Å². The molecule has 0 aromatic heterocycles. The molecule has 0 heterocycles. The van der Waals surface area contributed by atoms with Gasteiger partial charge in [0, 0.05) is 6.42 Å². The highest BCUT2D eigenvalue weighted by molar-refractivity contribution is 5.29. The summed E-state index contributed by atoms with van der Waals surface area (Å²) in [4.78, 5) is 0. The molecular weight excluding hydrogens is 212 g/mol. The summed E-state index contributed by atoms with van der Waals surface area (Å²) >= 11 is 0. The van der Waals surface area contributed by atoms with Crippen molar-refractivity contribution in [2.75, 3.05) is 7.11 Å². The standard InChI is InChI=1S/C15H22O2/c1-12-6-3-4-9-15(12,16)11-13-7-5-8-14(10-13)17-2/h5,7-8,10,12,16H,3-4,6,9,11H2,1-2H3. The normalized spacial score (nSPS) is 29.0. The van der Waals surface area contributed by atoms with Crippen molar-refractivity contribution in [1.29, 1.82) is 0 Å². The van der Waals surface area contributed by atoms with Crippen molar-refractivity contribution in [2.45, 2.75) is 44.6 Å². The maximum Gasteiger partial charge on any atom is 0.119 e. The molecule has 2 rings (SSSR count). The number of methoxy groups -OCH3 is 1. The minimum atomic E-state index is -0.523. The van der Waals surface area contributed by atoms with Gasteiger partial charge in [0.25, 0.3) is 0 Å². The lowest BCUT2D eigenvalue weighted by Gasteiger charge is -2.38. The molecule has 1 fully saturated rings. The van der Waals surface area contributed by atoms with Crippen LogP contribution in [0.2, 0.25) is 0 Å². The largest absolute Gasteiger partial charge is 0.497 e. The molecule has 17 heavy (non-hydrogen) atoms. The van der Waals surface area contributed by atoms with E-state index in [1.807, 2.05) is 18.2 Å². The number of benzene rings is 1. The second-order valence-electron chi connectivity index (χ2n) is 5.28. The third kappa shape index (κ3) is 2.81. The summed E-state index contributed by atoms with van der Waals surface area (Å²) in [5.74, 6) is 1.26. The van der Waals surface area contributed by atoms with Crippen LogP contribution in [0.15, 0.2) is 24.3 Å². The van der Waals surface area contributed by atoms with E-state index in [-0.39, 0.29) is 0 Å². The Morgan fingerprint density at radius 3 is 2.94 bits per heavy atom. The summed E-state index contributed by atoms with van der Waals surface area (Å²) in [6.45, 7) is 2.17. The van der Waals surface area contributed by atoms with Crippen LogP contribution in [-0.2, 0) is 6.42 Å². The van der Waals surface area contributed by atoms with E-state index in [1.54, 1.807) is 7.11 Å². The minimum absolute atomic E-state index is 0.391. The van der Waals surface area contributed by atoms with Crippen molar-refractivity contribution in [2.24, 2.45) is 5.92 Å². The molecule has 1 aromatic rings. The van der Waals surface area contributed by atoms with Crippen LogP contribution < -0.4 is 4.74 Å². The van der Waals surface area contributed by atoms with Gasteiger partial charge < -0.3 is 9.84 Å². The van der Waals surface area contributed by atoms with Crippen LogP contribution in [0.3, 0.4) is 0 Å². The lowest BCUT2D eigenvalue weighted by molar-refractivity contribution is -0.0405. The zero-order valence-electron chi connectivity index (χ0n) is 10.8. The Morgan fingerprint density at radius 1 is 1.41 bits per heavy atom. The number of rotatable bonds is 3. The Hall–Kier alpha value is -1.02. The predicted molar refractivity (Wildman–Crippen MR) is 69.3 cm³/mol. The first kappa shape index (κ1) is 12.4. The van der Waals surface area contributed by atoms with Crippen molar-refractivity contribution in [3.63, 3.8) is 0 Å². The van der Waals surface area contributed by atoms with Gasteiger partial charge in [-0.1, -0.05) is 31.9 Å². The van der Waals surface area contributed by atoms with Gasteiger partial charge in [-0.2, -0.15) is 0 Å². The van der Waals surface area contributed by atoms with Crippen molar-refractivity contribution in [3.05, 3.63) is 29.8 Å². The highest BCUT2D eigenvalue weighted by atomic mass is 16.5. The van der Waals surface area contributed by atoms with Gasteiger partial charge in [-0.05, 0) is 36.5 Å². The van der Waals surface area contributed by atoms with Crippen LogP contribution in [-0.4, -0.2) is 17.8 Å². The highest BCUT2D eigenvalue weighted by Gasteiger charge is 2.35. The summed E-state index contributed by atoms with van der Waals surface area (Å²) in [5.41, 5.74) is 0.644. The number of aliphatic hydroxyl groups is 1. The quantitative estimate of drug-likeness (QED) is 0.870. The average Bonchev–Trinajstić information content (AvgIpc) is 2.33. The van der Waals surface area contributed by atoms with Gasteiger partial charge in [0.1, 0.15) is 5.75 Å². The molecule has 0 amide bonds. The van der Waals surface area contributed by atoms with E-state index < -0.39 is 5.60 Å². The van der Waals surface area contributed by atoms with Crippen LogP contribution >= 0.6 is 0 Å². The fourth-order valence-corrected chi connectivity index (χ4v) is 2.80. The third-order valence-corrected chi connectivity index (χ3v) is 4.06. The first-order chi connectivity index (χ1) is 8.14. The van der Waals surface area contributed by atoms with E-state index in [0.717, 1.165) is 31.4 Å². The highest BCUT2D eigenvalue weighted by Crippen LogP contribution is 2.36. The molecule has 0 spiro atoms. The van der Waals surface area contributed by atoms with Gasteiger partial charge in [0.05, 0.1) is 12.7 Å². The smallest absolute Gasteiger partial charge is 0.119 e. The van der Waals surface area contributed by atoms with Gasteiger partial charge in [0.2, 0.25) is 0 Å². The Bertz CT molecular complexity index is 375. The molecule has 0 aliphatic heterocycles. The van der Waals surface area contributed by atoms with E-state index in [1.165, 1.54) is 12.0 Å². The molecule has 1 saturated carbocycles. The fraction of sp³-hybridized carbons (Fsp3) is 0.600. The Morgan fingerprint density at radius 2 is 2.24 bits per heavy atom. The maximum atomic E-state index is 10.7. The summed E-state index contributed by atoms with van der Waals surface area (Å²) in [6.07, 6.45) is 5.20. The number of hydrogen-bond acceptors (Lipinski definition) is 2. The lowest BCUT2D eigenvalue weighted by Crippen LogP contribution is -2.41. The zero-order chi connectivity index (χ0) is 12.3. The molecule has 1 N–H and O–H groups in total. The molecule has 1 aliphatic rings. The van der Waals surface area contributed by atoms with Crippen LogP contribution in [0, 0.1) is 5.92 Å². The molecule has 0 bridgehead atoms. The summed E-state index contributed by atoms with van der Waals surface area (Å²) in [5, 5.41) is 10.7. The fourth-order valence-electron chi connectivity index (χ4n) is 2.80. The summed E-state index contributed by atoms with van der Waals surface area (Å²) in [7, 11) is 1.68. The minimum Gasteiger partial charge on any atom is -0.497 e. The van der Waals surface area contributed by atoms with Crippen LogP contribution in [0.25, 0.3) is 0 Å². The van der Waals surface area contributed by atoms with E-state index in [2.05, 4.69) is 13.0 Å². The van der Waals surface area contributed by atoms with E-state index in [4.69, 9.17) is 4.74 Å². The Kier molecular flexibility index (Phi) is 3.72. The molecule has 2 heteroatoms. The molecular formula is C15H22O2. The third-order valence-electron chi connectivity index (χ3n) is 4.06. The van der Waals surface area contributed by atoms with Crippen LogP contribution in [0.1, 0.15) is 38.2 Å². The first-order valence-electron chi connectivity index (χ1n) is 6.49. The molecule has 1 aromatic carbocycles. The summed E-state index contributed by atoms with van der Waals surface area (Å²) in [6, 6.07) is 8.03.